The van der Waals surface area contributed by atoms with E-state index in [9.17, 15) is 0 Å². The number of rotatable bonds is 5. The third-order valence-electron chi connectivity index (χ3n) is 2.97. The topological polar surface area (TPSA) is 49.3 Å². The molecule has 0 aliphatic heterocycles. The third-order valence-corrected chi connectivity index (χ3v) is 4.27. The summed E-state index contributed by atoms with van der Waals surface area (Å²) in [6, 6.07) is 7.76. The number of thiazole rings is 1. The lowest BCUT2D eigenvalue weighted by Crippen LogP contribution is -2.36. The van der Waals surface area contributed by atoms with Crippen LogP contribution in [0.3, 0.4) is 0 Å². The van der Waals surface area contributed by atoms with E-state index in [2.05, 4.69) is 20.6 Å². The van der Waals surface area contributed by atoms with Crippen LogP contribution in [0.4, 0.5) is 0 Å². The molecule has 0 spiro atoms. The molecule has 2 aromatic rings. The van der Waals surface area contributed by atoms with Crippen molar-refractivity contribution in [2.45, 2.75) is 26.9 Å². The van der Waals surface area contributed by atoms with E-state index in [4.69, 9.17) is 11.6 Å². The molecule has 2 N–H and O–H groups in total. The molecule has 0 saturated carbocycles. The minimum atomic E-state index is 0. The third kappa shape index (κ3) is 5.73. The van der Waals surface area contributed by atoms with Crippen LogP contribution in [0.2, 0.25) is 5.02 Å². The predicted molar refractivity (Wildman–Crippen MR) is 105 cm³/mol. The molecule has 0 unspecified atom stereocenters. The van der Waals surface area contributed by atoms with Gasteiger partial charge in [0, 0.05) is 16.4 Å². The normalized spacial score (nSPS) is 11.0. The molecule has 1 aromatic heterocycles. The Bertz CT molecular complexity index is 615. The van der Waals surface area contributed by atoms with Gasteiger partial charge in [0.15, 0.2) is 5.96 Å². The molecule has 120 valence electrons. The van der Waals surface area contributed by atoms with E-state index in [1.54, 1.807) is 11.3 Å². The maximum absolute atomic E-state index is 6.15. The average molecular weight is 451 g/mol. The highest BCUT2D eigenvalue weighted by atomic mass is 127. The first-order chi connectivity index (χ1) is 10.2. The Hall–Kier alpha value is -0.860. The fourth-order valence-corrected chi connectivity index (χ4v) is 2.70. The minimum Gasteiger partial charge on any atom is -0.357 e. The number of aromatic nitrogens is 1. The fraction of sp³-hybridized carbons (Fsp3) is 0.333. The van der Waals surface area contributed by atoms with E-state index in [0.29, 0.717) is 6.54 Å². The zero-order chi connectivity index (χ0) is 15.1. The van der Waals surface area contributed by atoms with Gasteiger partial charge in [0.05, 0.1) is 24.3 Å². The number of aryl methyl sites for hydroxylation is 1. The van der Waals surface area contributed by atoms with Crippen molar-refractivity contribution in [3.05, 3.63) is 50.9 Å². The van der Waals surface area contributed by atoms with Gasteiger partial charge in [-0.1, -0.05) is 29.8 Å². The number of nitrogens with zero attached hydrogens (tertiary/aromatic N) is 2. The molecule has 0 aliphatic rings. The molecule has 0 atom stereocenters. The molecule has 1 heterocycles. The van der Waals surface area contributed by atoms with Crippen LogP contribution in [0.1, 0.15) is 23.1 Å². The Balaban J connectivity index is 0.00000242. The van der Waals surface area contributed by atoms with Crippen LogP contribution in [-0.4, -0.2) is 17.5 Å². The number of aliphatic imine (C=N–C) groups is 1. The molecule has 1 aromatic carbocycles. The summed E-state index contributed by atoms with van der Waals surface area (Å²) in [7, 11) is 0. The quantitative estimate of drug-likeness (QED) is 0.412. The van der Waals surface area contributed by atoms with Gasteiger partial charge in [0.2, 0.25) is 0 Å². The van der Waals surface area contributed by atoms with E-state index >= 15 is 0 Å². The summed E-state index contributed by atoms with van der Waals surface area (Å²) in [5.41, 5.74) is 3.94. The minimum absolute atomic E-state index is 0. The van der Waals surface area contributed by atoms with Gasteiger partial charge in [-0.15, -0.1) is 35.3 Å². The summed E-state index contributed by atoms with van der Waals surface area (Å²) in [4.78, 5) is 10.0. The van der Waals surface area contributed by atoms with Gasteiger partial charge >= 0.3 is 0 Å². The van der Waals surface area contributed by atoms with E-state index in [-0.39, 0.29) is 24.0 Å². The molecule has 0 radical (unpaired) electrons. The summed E-state index contributed by atoms with van der Waals surface area (Å²) in [6.45, 7) is 6.16. The van der Waals surface area contributed by atoms with Gasteiger partial charge in [0.25, 0.3) is 0 Å². The molecule has 22 heavy (non-hydrogen) atoms. The number of benzene rings is 1. The molecule has 0 amide bonds. The lowest BCUT2D eigenvalue weighted by molar-refractivity contribution is 0.819. The average Bonchev–Trinajstić information content (AvgIpc) is 2.89. The standard InChI is InChI=1S/C15H19ClN4S.HI/c1-3-17-15(19-9-14-11(2)20-10-21-14)18-8-12-6-4-5-7-13(12)16;/h4-7,10H,3,8-9H2,1-2H3,(H2,17,18,19);1H. The second-order valence-corrected chi connectivity index (χ2v) is 5.85. The van der Waals surface area contributed by atoms with E-state index < -0.39 is 0 Å². The van der Waals surface area contributed by atoms with Crippen molar-refractivity contribution < 1.29 is 0 Å². The van der Waals surface area contributed by atoms with Gasteiger partial charge in [-0.05, 0) is 25.5 Å². The summed E-state index contributed by atoms with van der Waals surface area (Å²) in [5, 5.41) is 7.30. The van der Waals surface area contributed by atoms with Crippen molar-refractivity contribution in [3.8, 4) is 0 Å². The molecule has 0 fully saturated rings. The Morgan fingerprint density at radius 3 is 2.73 bits per heavy atom. The second kappa shape index (κ2) is 10.0. The van der Waals surface area contributed by atoms with Crippen LogP contribution < -0.4 is 10.6 Å². The maximum atomic E-state index is 6.15. The van der Waals surface area contributed by atoms with Gasteiger partial charge in [-0.25, -0.2) is 9.98 Å². The van der Waals surface area contributed by atoms with Crippen LogP contribution in [-0.2, 0) is 13.1 Å². The lowest BCUT2D eigenvalue weighted by atomic mass is 10.2. The number of guanidine groups is 1. The summed E-state index contributed by atoms with van der Waals surface area (Å²) in [5.74, 6) is 0.783. The van der Waals surface area contributed by atoms with Crippen molar-refractivity contribution in [3.63, 3.8) is 0 Å². The van der Waals surface area contributed by atoms with Gasteiger partial charge < -0.3 is 10.6 Å². The Kier molecular flexibility index (Phi) is 8.74. The first-order valence-electron chi connectivity index (χ1n) is 6.85. The Labute approximate surface area is 157 Å². The Morgan fingerprint density at radius 1 is 1.32 bits per heavy atom. The lowest BCUT2D eigenvalue weighted by Gasteiger charge is -2.11. The highest BCUT2D eigenvalue weighted by Gasteiger charge is 2.04. The van der Waals surface area contributed by atoms with Crippen molar-refractivity contribution in [1.29, 1.82) is 0 Å². The van der Waals surface area contributed by atoms with Gasteiger partial charge in [0.1, 0.15) is 0 Å². The summed E-state index contributed by atoms with van der Waals surface area (Å²) in [6.07, 6.45) is 0. The first-order valence-corrected chi connectivity index (χ1v) is 8.11. The second-order valence-electron chi connectivity index (χ2n) is 4.50. The maximum Gasteiger partial charge on any atom is 0.191 e. The predicted octanol–water partition coefficient (Wildman–Crippen LogP) is 3.98. The van der Waals surface area contributed by atoms with E-state index in [1.165, 1.54) is 4.88 Å². The number of hydrogen-bond acceptors (Lipinski definition) is 3. The molecule has 7 heteroatoms. The molecule has 4 nitrogen and oxygen atoms in total. The van der Waals surface area contributed by atoms with Crippen molar-refractivity contribution in [2.24, 2.45) is 4.99 Å². The monoisotopic (exact) mass is 450 g/mol. The summed E-state index contributed by atoms with van der Waals surface area (Å²) >= 11 is 7.80. The molecule has 0 bridgehead atoms. The van der Waals surface area contributed by atoms with Gasteiger partial charge in [-0.3, -0.25) is 0 Å². The van der Waals surface area contributed by atoms with Crippen molar-refractivity contribution in [2.75, 3.05) is 6.54 Å². The van der Waals surface area contributed by atoms with Gasteiger partial charge in [-0.2, -0.15) is 0 Å². The highest BCUT2D eigenvalue weighted by Crippen LogP contribution is 2.15. The molecular weight excluding hydrogens is 431 g/mol. The molecule has 2 rings (SSSR count). The van der Waals surface area contributed by atoms with Crippen LogP contribution in [0.25, 0.3) is 0 Å². The van der Waals surface area contributed by atoms with Crippen molar-refractivity contribution in [1.82, 2.24) is 15.6 Å². The van der Waals surface area contributed by atoms with Crippen LogP contribution in [0, 0.1) is 6.92 Å². The van der Waals surface area contributed by atoms with E-state index in [0.717, 1.165) is 35.3 Å². The smallest absolute Gasteiger partial charge is 0.191 e. The largest absolute Gasteiger partial charge is 0.357 e. The number of nitrogens with one attached hydrogen (secondary N) is 2. The van der Waals surface area contributed by atoms with Crippen LogP contribution >= 0.6 is 46.9 Å². The first kappa shape index (κ1) is 19.2. The van der Waals surface area contributed by atoms with E-state index in [1.807, 2.05) is 43.6 Å². The number of hydrogen-bond donors (Lipinski definition) is 2. The SMILES string of the molecule is CCNC(=NCc1ccccc1Cl)NCc1scnc1C.I. The zero-order valence-corrected chi connectivity index (χ0v) is 16.5. The van der Waals surface area contributed by atoms with Crippen LogP contribution in [0.5, 0.6) is 0 Å². The zero-order valence-electron chi connectivity index (χ0n) is 12.6. The molecule has 0 aliphatic carbocycles. The van der Waals surface area contributed by atoms with Crippen molar-refractivity contribution >= 4 is 52.9 Å². The Morgan fingerprint density at radius 2 is 2.09 bits per heavy atom. The summed E-state index contributed by atoms with van der Waals surface area (Å²) < 4.78 is 0. The fourth-order valence-electron chi connectivity index (χ4n) is 1.79. The highest BCUT2D eigenvalue weighted by molar-refractivity contribution is 14.0. The molecular formula is C15H20ClIN4S. The number of halogens is 2. The molecule has 0 saturated heterocycles. The van der Waals surface area contributed by atoms with Crippen LogP contribution in [0.15, 0.2) is 34.8 Å².